The standard InChI is InChI=1S/C11H13BrN2O2/c1-2-16-9-6-8(9)14-11(15)10-7(12)4-3-5-13-10/h3-5,8-9H,2,6H2,1H3,(H,14,15)/t8-,9+/m1/s1. The van der Waals surface area contributed by atoms with E-state index in [1.807, 2.05) is 6.92 Å². The molecule has 4 nitrogen and oxygen atoms in total. The van der Waals surface area contributed by atoms with Crippen LogP contribution < -0.4 is 5.32 Å². The fourth-order valence-electron chi connectivity index (χ4n) is 1.51. The van der Waals surface area contributed by atoms with E-state index >= 15 is 0 Å². The Bertz CT molecular complexity index is 397. The van der Waals surface area contributed by atoms with Crippen LogP contribution in [0.3, 0.4) is 0 Å². The van der Waals surface area contributed by atoms with E-state index < -0.39 is 0 Å². The molecule has 0 bridgehead atoms. The van der Waals surface area contributed by atoms with Gasteiger partial charge in [-0.2, -0.15) is 0 Å². The Morgan fingerprint density at radius 2 is 2.56 bits per heavy atom. The molecule has 2 atom stereocenters. The molecule has 1 aliphatic rings. The van der Waals surface area contributed by atoms with Crippen LogP contribution in [0.15, 0.2) is 22.8 Å². The van der Waals surface area contributed by atoms with Crippen molar-refractivity contribution in [3.8, 4) is 0 Å². The number of amides is 1. The van der Waals surface area contributed by atoms with E-state index in [1.54, 1.807) is 18.3 Å². The van der Waals surface area contributed by atoms with Gasteiger partial charge in [-0.3, -0.25) is 4.79 Å². The number of nitrogens with one attached hydrogen (secondary N) is 1. The molecule has 0 unspecified atom stereocenters. The van der Waals surface area contributed by atoms with Crippen molar-refractivity contribution in [3.63, 3.8) is 0 Å². The van der Waals surface area contributed by atoms with E-state index in [0.29, 0.717) is 16.8 Å². The minimum Gasteiger partial charge on any atom is -0.376 e. The van der Waals surface area contributed by atoms with Crippen LogP contribution >= 0.6 is 15.9 Å². The van der Waals surface area contributed by atoms with Crippen LogP contribution in [0, 0.1) is 0 Å². The van der Waals surface area contributed by atoms with Crippen LogP contribution in [0.5, 0.6) is 0 Å². The average Bonchev–Trinajstić information content (AvgIpc) is 2.97. The van der Waals surface area contributed by atoms with Crippen molar-refractivity contribution in [2.75, 3.05) is 6.61 Å². The minimum atomic E-state index is -0.153. The molecule has 5 heteroatoms. The van der Waals surface area contributed by atoms with E-state index in [9.17, 15) is 4.79 Å². The summed E-state index contributed by atoms with van der Waals surface area (Å²) in [5.41, 5.74) is 0.421. The maximum absolute atomic E-state index is 11.8. The van der Waals surface area contributed by atoms with Gasteiger partial charge in [0.05, 0.1) is 12.1 Å². The van der Waals surface area contributed by atoms with Gasteiger partial charge < -0.3 is 10.1 Å². The lowest BCUT2D eigenvalue weighted by Gasteiger charge is -2.05. The van der Waals surface area contributed by atoms with Crippen LogP contribution in [0.1, 0.15) is 23.8 Å². The van der Waals surface area contributed by atoms with Gasteiger partial charge in [0, 0.05) is 17.3 Å². The quantitative estimate of drug-likeness (QED) is 0.917. The molecule has 1 heterocycles. The summed E-state index contributed by atoms with van der Waals surface area (Å²) in [4.78, 5) is 15.8. The molecule has 16 heavy (non-hydrogen) atoms. The molecule has 1 amide bonds. The first-order valence-electron chi connectivity index (χ1n) is 5.25. The second-order valence-electron chi connectivity index (χ2n) is 3.64. The van der Waals surface area contributed by atoms with Crippen molar-refractivity contribution in [1.29, 1.82) is 0 Å². The third kappa shape index (κ3) is 2.59. The Kier molecular flexibility index (Phi) is 3.56. The SMILES string of the molecule is CCO[C@H]1C[C@H]1NC(=O)c1ncccc1Br. The number of halogens is 1. The van der Waals surface area contributed by atoms with Gasteiger partial charge >= 0.3 is 0 Å². The summed E-state index contributed by atoms with van der Waals surface area (Å²) in [6.07, 6.45) is 2.67. The topological polar surface area (TPSA) is 51.2 Å². The first-order chi connectivity index (χ1) is 7.72. The molecular formula is C11H13BrN2O2. The van der Waals surface area contributed by atoms with Gasteiger partial charge in [0.15, 0.2) is 0 Å². The van der Waals surface area contributed by atoms with E-state index in [1.165, 1.54) is 0 Å². The number of ether oxygens (including phenoxy) is 1. The first-order valence-corrected chi connectivity index (χ1v) is 6.04. The zero-order valence-electron chi connectivity index (χ0n) is 8.94. The van der Waals surface area contributed by atoms with Gasteiger partial charge in [-0.15, -0.1) is 0 Å². The summed E-state index contributed by atoms with van der Waals surface area (Å²) < 4.78 is 6.09. The smallest absolute Gasteiger partial charge is 0.271 e. The van der Waals surface area contributed by atoms with Gasteiger partial charge in [-0.25, -0.2) is 4.98 Å². The molecule has 0 aromatic carbocycles. The summed E-state index contributed by atoms with van der Waals surface area (Å²) in [7, 11) is 0. The highest BCUT2D eigenvalue weighted by Gasteiger charge is 2.39. The number of hydrogen-bond acceptors (Lipinski definition) is 3. The molecule has 1 fully saturated rings. The van der Waals surface area contributed by atoms with E-state index in [-0.39, 0.29) is 18.1 Å². The molecule has 0 radical (unpaired) electrons. The van der Waals surface area contributed by atoms with E-state index in [0.717, 1.165) is 6.42 Å². The zero-order chi connectivity index (χ0) is 11.5. The number of rotatable bonds is 4. The monoisotopic (exact) mass is 284 g/mol. The highest BCUT2D eigenvalue weighted by atomic mass is 79.9. The van der Waals surface area contributed by atoms with Crippen LogP contribution in [0.4, 0.5) is 0 Å². The second-order valence-corrected chi connectivity index (χ2v) is 4.50. The normalized spacial score (nSPS) is 22.9. The van der Waals surface area contributed by atoms with Gasteiger partial charge in [-0.1, -0.05) is 0 Å². The molecule has 0 saturated heterocycles. The van der Waals surface area contributed by atoms with Crippen LogP contribution in [-0.4, -0.2) is 29.6 Å². The molecule has 0 spiro atoms. The number of hydrogen-bond donors (Lipinski definition) is 1. The molecule has 1 saturated carbocycles. The zero-order valence-corrected chi connectivity index (χ0v) is 10.5. The fraction of sp³-hybridized carbons (Fsp3) is 0.455. The third-order valence-electron chi connectivity index (χ3n) is 2.40. The predicted molar refractivity (Wildman–Crippen MR) is 63.2 cm³/mol. The number of nitrogens with zero attached hydrogens (tertiary/aromatic N) is 1. The van der Waals surface area contributed by atoms with Gasteiger partial charge in [0.2, 0.25) is 0 Å². The highest BCUT2D eigenvalue weighted by molar-refractivity contribution is 9.10. The second kappa shape index (κ2) is 4.93. The van der Waals surface area contributed by atoms with Gasteiger partial charge in [0.1, 0.15) is 5.69 Å². The Hall–Kier alpha value is -0.940. The molecule has 2 rings (SSSR count). The summed E-state index contributed by atoms with van der Waals surface area (Å²) in [6.45, 7) is 2.64. The molecule has 86 valence electrons. The largest absolute Gasteiger partial charge is 0.376 e. The predicted octanol–water partition coefficient (Wildman–Crippen LogP) is 1.75. The molecular weight excluding hydrogens is 272 g/mol. The molecule has 1 aromatic rings. The van der Waals surface area contributed by atoms with Crippen LogP contribution in [0.25, 0.3) is 0 Å². The average molecular weight is 285 g/mol. The minimum absolute atomic E-state index is 0.140. The summed E-state index contributed by atoms with van der Waals surface area (Å²) in [5.74, 6) is -0.153. The lowest BCUT2D eigenvalue weighted by atomic mass is 10.3. The van der Waals surface area contributed by atoms with Crippen molar-refractivity contribution in [2.45, 2.75) is 25.5 Å². The van der Waals surface area contributed by atoms with Crippen molar-refractivity contribution >= 4 is 21.8 Å². The highest BCUT2D eigenvalue weighted by Crippen LogP contribution is 2.25. The molecule has 1 aromatic heterocycles. The maximum atomic E-state index is 11.8. The summed E-state index contributed by atoms with van der Waals surface area (Å²) in [5, 5.41) is 2.89. The van der Waals surface area contributed by atoms with Crippen molar-refractivity contribution in [1.82, 2.24) is 10.3 Å². The number of pyridine rings is 1. The third-order valence-corrected chi connectivity index (χ3v) is 3.04. The Morgan fingerprint density at radius 3 is 3.25 bits per heavy atom. The van der Waals surface area contributed by atoms with Gasteiger partial charge in [-0.05, 0) is 41.4 Å². The van der Waals surface area contributed by atoms with Crippen LogP contribution in [0.2, 0.25) is 0 Å². The lowest BCUT2D eigenvalue weighted by Crippen LogP contribution is -2.29. The van der Waals surface area contributed by atoms with E-state index in [2.05, 4.69) is 26.2 Å². The molecule has 1 N–H and O–H groups in total. The van der Waals surface area contributed by atoms with Gasteiger partial charge in [0.25, 0.3) is 5.91 Å². The maximum Gasteiger partial charge on any atom is 0.271 e. The molecule has 1 aliphatic carbocycles. The van der Waals surface area contributed by atoms with E-state index in [4.69, 9.17) is 4.74 Å². The Labute approximate surface area is 103 Å². The van der Waals surface area contributed by atoms with Crippen LogP contribution in [-0.2, 0) is 4.74 Å². The number of aromatic nitrogens is 1. The first kappa shape index (κ1) is 11.5. The Morgan fingerprint density at radius 1 is 1.75 bits per heavy atom. The number of carbonyl (C=O) groups is 1. The lowest BCUT2D eigenvalue weighted by molar-refractivity contribution is 0.0909. The van der Waals surface area contributed by atoms with Crippen molar-refractivity contribution in [3.05, 3.63) is 28.5 Å². The van der Waals surface area contributed by atoms with Crippen molar-refractivity contribution in [2.24, 2.45) is 0 Å². The summed E-state index contributed by atoms with van der Waals surface area (Å²) >= 11 is 3.30. The number of carbonyl (C=O) groups excluding carboxylic acids is 1. The summed E-state index contributed by atoms with van der Waals surface area (Å²) in [6, 6.07) is 3.72. The fourth-order valence-corrected chi connectivity index (χ4v) is 1.95. The molecule has 0 aliphatic heterocycles. The van der Waals surface area contributed by atoms with Crippen molar-refractivity contribution < 1.29 is 9.53 Å². The Balaban J connectivity index is 1.92.